The molecule has 0 saturated heterocycles. The molecule has 0 saturated carbocycles. The third-order valence-electron chi connectivity index (χ3n) is 1.99. The van der Waals surface area contributed by atoms with Gasteiger partial charge in [0.05, 0.1) is 0 Å². The fraction of sp³-hybridized carbons (Fsp3) is 0.545. The van der Waals surface area contributed by atoms with Crippen molar-refractivity contribution in [3.05, 3.63) is 11.6 Å². The summed E-state index contributed by atoms with van der Waals surface area (Å²) in [6, 6.07) is 0. The van der Waals surface area contributed by atoms with Gasteiger partial charge in [-0.05, 0) is 24.8 Å². The number of carbonyl (C=O) groups excluding carboxylic acids is 1. The summed E-state index contributed by atoms with van der Waals surface area (Å²) in [4.78, 5) is 29.4. The lowest BCUT2D eigenvalue weighted by Crippen LogP contribution is -2.20. The van der Waals surface area contributed by atoms with Crippen molar-refractivity contribution in [2.24, 2.45) is 5.41 Å². The van der Waals surface area contributed by atoms with E-state index in [9.17, 15) is 14.4 Å². The van der Waals surface area contributed by atoms with Crippen LogP contribution in [-0.2, 0) is 9.53 Å². The molecule has 1 aliphatic rings. The Kier molecular flexibility index (Phi) is 10.6. The number of carbonyl (C=O) groups is 3. The molecule has 0 atom stereocenters. The van der Waals surface area contributed by atoms with Crippen LogP contribution in [0, 0.1) is 5.41 Å². The van der Waals surface area contributed by atoms with E-state index in [2.05, 4.69) is 18.6 Å². The fourth-order valence-corrected chi connectivity index (χ4v) is 1.74. The summed E-state index contributed by atoms with van der Waals surface area (Å²) in [7, 11) is 0. The van der Waals surface area contributed by atoms with Crippen LogP contribution in [0.1, 0.15) is 33.6 Å². The van der Waals surface area contributed by atoms with E-state index in [0.717, 1.165) is 6.42 Å². The molecule has 19 heavy (non-hydrogen) atoms. The molecule has 1 rings (SSSR count). The summed E-state index contributed by atoms with van der Waals surface area (Å²) in [6.07, 6.45) is -0.0751. The Morgan fingerprint density at radius 3 is 1.79 bits per heavy atom. The number of rotatable bonds is 0. The van der Waals surface area contributed by atoms with Gasteiger partial charge < -0.3 is 27.3 Å². The largest absolute Gasteiger partial charge is 0.516 e. The van der Waals surface area contributed by atoms with Crippen molar-refractivity contribution in [2.45, 2.75) is 33.6 Å². The van der Waals surface area contributed by atoms with Gasteiger partial charge in [0.25, 0.3) is 0 Å². The minimum atomic E-state index is -1.81. The third kappa shape index (κ3) is 12.3. The van der Waals surface area contributed by atoms with Gasteiger partial charge in [-0.2, -0.15) is 0 Å². The predicted molar refractivity (Wildman–Crippen MR) is 69.0 cm³/mol. The Morgan fingerprint density at radius 1 is 1.16 bits per heavy atom. The quantitative estimate of drug-likeness (QED) is 0.386. The second-order valence-corrected chi connectivity index (χ2v) is 4.61. The number of allylic oxidation sites excluding steroid dienone is 2. The number of hydrogen-bond acceptors (Lipinski definition) is 6. The standard InChI is InChI=1S/C9H14O.C2H2O5.2H3N/c1-7-4-8(10)6-9(2,3)5-7;3-1(4)7-2(5)6;;/h4H,5-6H2,1-3H3;(H,3,4)(H,5,6);2*1H3. The summed E-state index contributed by atoms with van der Waals surface area (Å²) < 4.78 is 3.08. The number of carboxylic acid groups (broad SMARTS) is 2. The van der Waals surface area contributed by atoms with Gasteiger partial charge in [-0.15, -0.1) is 0 Å². The van der Waals surface area contributed by atoms with Crippen molar-refractivity contribution >= 4 is 18.1 Å². The summed E-state index contributed by atoms with van der Waals surface area (Å²) in [5.41, 5.74) is 1.43. The molecule has 8 nitrogen and oxygen atoms in total. The molecular weight excluding hydrogens is 256 g/mol. The first-order chi connectivity index (χ1) is 7.62. The zero-order valence-electron chi connectivity index (χ0n) is 11.4. The molecule has 8 heteroatoms. The minimum Gasteiger partial charge on any atom is -0.449 e. The molecule has 0 aromatic heterocycles. The lowest BCUT2D eigenvalue weighted by Gasteiger charge is -2.27. The number of ether oxygens (including phenoxy) is 1. The van der Waals surface area contributed by atoms with Crippen LogP contribution >= 0.6 is 0 Å². The Morgan fingerprint density at radius 2 is 1.58 bits per heavy atom. The average molecular weight is 278 g/mol. The highest BCUT2D eigenvalue weighted by Crippen LogP contribution is 2.32. The normalized spacial score (nSPS) is 15.5. The van der Waals surface area contributed by atoms with Crippen LogP contribution in [0.3, 0.4) is 0 Å². The Labute approximate surface area is 111 Å². The van der Waals surface area contributed by atoms with E-state index in [4.69, 9.17) is 10.2 Å². The SMILES string of the molecule is CC1=CC(=O)CC(C)(C)C1.N.N.O=C(O)OC(=O)O. The van der Waals surface area contributed by atoms with Crippen LogP contribution in [0.4, 0.5) is 9.59 Å². The number of hydrogen-bond donors (Lipinski definition) is 4. The van der Waals surface area contributed by atoms with Crippen molar-refractivity contribution in [1.82, 2.24) is 12.3 Å². The molecule has 0 aliphatic heterocycles. The molecule has 0 aromatic rings. The zero-order valence-corrected chi connectivity index (χ0v) is 11.4. The van der Waals surface area contributed by atoms with Crippen LogP contribution < -0.4 is 12.3 Å². The highest BCUT2D eigenvalue weighted by Gasteiger charge is 2.25. The number of ketones is 1. The molecule has 0 unspecified atom stereocenters. The highest BCUT2D eigenvalue weighted by molar-refractivity contribution is 5.91. The second-order valence-electron chi connectivity index (χ2n) is 4.61. The molecule has 1 aliphatic carbocycles. The zero-order chi connectivity index (χ0) is 13.6. The highest BCUT2D eigenvalue weighted by atomic mass is 16.7. The second kappa shape index (κ2) is 9.06. The van der Waals surface area contributed by atoms with Gasteiger partial charge in [0, 0.05) is 6.42 Å². The first-order valence-corrected chi connectivity index (χ1v) is 4.96. The Bertz CT molecular complexity index is 350. The lowest BCUT2D eigenvalue weighted by molar-refractivity contribution is -0.117. The van der Waals surface area contributed by atoms with E-state index in [0.29, 0.717) is 6.42 Å². The topological polar surface area (TPSA) is 171 Å². The fourth-order valence-electron chi connectivity index (χ4n) is 1.74. The van der Waals surface area contributed by atoms with Gasteiger partial charge in [0.2, 0.25) is 0 Å². The van der Waals surface area contributed by atoms with Gasteiger partial charge in [-0.3, -0.25) is 4.79 Å². The summed E-state index contributed by atoms with van der Waals surface area (Å²) in [5, 5.41) is 15.0. The van der Waals surface area contributed by atoms with Gasteiger partial charge in [-0.25, -0.2) is 9.59 Å². The molecule has 0 aromatic carbocycles. The maximum Gasteiger partial charge on any atom is 0.516 e. The predicted octanol–water partition coefficient (Wildman–Crippen LogP) is 3.00. The smallest absolute Gasteiger partial charge is 0.449 e. The van der Waals surface area contributed by atoms with Crippen LogP contribution in [0.25, 0.3) is 0 Å². The molecule has 0 heterocycles. The molecule has 0 radical (unpaired) electrons. The molecule has 0 spiro atoms. The van der Waals surface area contributed by atoms with Gasteiger partial charge in [-0.1, -0.05) is 19.4 Å². The van der Waals surface area contributed by atoms with E-state index in [1.165, 1.54) is 5.57 Å². The van der Waals surface area contributed by atoms with E-state index in [1.807, 2.05) is 6.92 Å². The monoisotopic (exact) mass is 278 g/mol. The maximum absolute atomic E-state index is 11.0. The van der Waals surface area contributed by atoms with Gasteiger partial charge >= 0.3 is 12.3 Å². The lowest BCUT2D eigenvalue weighted by atomic mass is 9.77. The third-order valence-corrected chi connectivity index (χ3v) is 1.99. The first-order valence-electron chi connectivity index (χ1n) is 4.96. The summed E-state index contributed by atoms with van der Waals surface area (Å²) >= 11 is 0. The average Bonchev–Trinajstić information content (AvgIpc) is 1.95. The Balaban J connectivity index is -0.000000258. The minimum absolute atomic E-state index is 0. The van der Waals surface area contributed by atoms with Crippen molar-refractivity contribution in [3.63, 3.8) is 0 Å². The Hall–Kier alpha value is -1.93. The molecule has 0 amide bonds. The van der Waals surface area contributed by atoms with Crippen molar-refractivity contribution in [2.75, 3.05) is 0 Å². The van der Waals surface area contributed by atoms with Crippen molar-refractivity contribution < 1.29 is 29.3 Å². The first kappa shape index (κ1) is 22.3. The van der Waals surface area contributed by atoms with E-state index in [1.54, 1.807) is 6.08 Å². The van der Waals surface area contributed by atoms with Crippen LogP contribution in [0.5, 0.6) is 0 Å². The van der Waals surface area contributed by atoms with Crippen LogP contribution in [0.15, 0.2) is 11.6 Å². The van der Waals surface area contributed by atoms with Crippen LogP contribution in [0.2, 0.25) is 0 Å². The van der Waals surface area contributed by atoms with E-state index in [-0.39, 0.29) is 23.5 Å². The molecule has 0 fully saturated rings. The van der Waals surface area contributed by atoms with Crippen molar-refractivity contribution in [1.29, 1.82) is 0 Å². The molecule has 112 valence electrons. The van der Waals surface area contributed by atoms with Gasteiger partial charge in [0.1, 0.15) is 0 Å². The van der Waals surface area contributed by atoms with Crippen molar-refractivity contribution in [3.8, 4) is 0 Å². The van der Waals surface area contributed by atoms with E-state index < -0.39 is 12.3 Å². The summed E-state index contributed by atoms with van der Waals surface area (Å²) in [6.45, 7) is 6.31. The van der Waals surface area contributed by atoms with Gasteiger partial charge in [0.15, 0.2) is 5.78 Å². The summed E-state index contributed by atoms with van der Waals surface area (Å²) in [5.74, 6) is 0.286. The van der Waals surface area contributed by atoms with Crippen LogP contribution in [-0.4, -0.2) is 28.3 Å². The molecule has 8 N–H and O–H groups in total. The molecular formula is C11H22N2O6. The molecule has 0 bridgehead atoms. The van der Waals surface area contributed by atoms with E-state index >= 15 is 0 Å². The maximum atomic E-state index is 11.0.